The average Bonchev–Trinajstić information content (AvgIpc) is 2.59. The summed E-state index contributed by atoms with van der Waals surface area (Å²) in [4.78, 5) is 13.4. The Morgan fingerprint density at radius 2 is 2.27 bits per heavy atom. The van der Waals surface area contributed by atoms with E-state index in [0.717, 1.165) is 39.0 Å². The highest BCUT2D eigenvalue weighted by Gasteiger charge is 2.28. The summed E-state index contributed by atoms with van der Waals surface area (Å²) in [6.45, 7) is 2.53. The molecule has 0 radical (unpaired) electrons. The number of hydrogen-bond donors (Lipinski definition) is 1. The van der Waals surface area contributed by atoms with E-state index in [1.165, 1.54) is 12.8 Å². The number of amides is 1. The standard InChI is InChI=1S/C11H20N2O2/c12-10-5-7-13(11(10)14)6-4-9-3-1-2-8-15-9/h9-10H,1-8,12H2. The number of rotatable bonds is 3. The van der Waals surface area contributed by atoms with Crippen LogP contribution in [-0.4, -0.2) is 42.6 Å². The lowest BCUT2D eigenvalue weighted by Gasteiger charge is -2.25. The minimum atomic E-state index is -0.253. The minimum absolute atomic E-state index is 0.116. The largest absolute Gasteiger partial charge is 0.378 e. The molecule has 0 aromatic carbocycles. The third-order valence-corrected chi connectivity index (χ3v) is 3.33. The van der Waals surface area contributed by atoms with E-state index in [-0.39, 0.29) is 11.9 Å². The number of likely N-dealkylation sites (tertiary alicyclic amines) is 1. The summed E-state index contributed by atoms with van der Waals surface area (Å²) in [6.07, 6.45) is 5.74. The maximum absolute atomic E-state index is 11.5. The van der Waals surface area contributed by atoms with E-state index in [0.29, 0.717) is 6.10 Å². The van der Waals surface area contributed by atoms with Gasteiger partial charge in [-0.2, -0.15) is 0 Å². The number of nitrogens with zero attached hydrogens (tertiary/aromatic N) is 1. The van der Waals surface area contributed by atoms with Crippen molar-refractivity contribution in [1.29, 1.82) is 0 Å². The predicted octanol–water partition coefficient (Wildman–Crippen LogP) is 0.505. The van der Waals surface area contributed by atoms with Gasteiger partial charge in [0.1, 0.15) is 0 Å². The molecule has 0 bridgehead atoms. The normalized spacial score (nSPS) is 32.3. The van der Waals surface area contributed by atoms with E-state index in [1.807, 2.05) is 4.90 Å². The van der Waals surface area contributed by atoms with E-state index >= 15 is 0 Å². The molecule has 0 aromatic heterocycles. The van der Waals surface area contributed by atoms with Gasteiger partial charge in [-0.3, -0.25) is 4.79 Å². The molecule has 0 aliphatic carbocycles. The molecule has 2 aliphatic heterocycles. The van der Waals surface area contributed by atoms with E-state index < -0.39 is 0 Å². The van der Waals surface area contributed by atoms with Gasteiger partial charge in [-0.15, -0.1) is 0 Å². The monoisotopic (exact) mass is 212 g/mol. The van der Waals surface area contributed by atoms with Crippen molar-refractivity contribution in [3.63, 3.8) is 0 Å². The van der Waals surface area contributed by atoms with Crippen LogP contribution in [-0.2, 0) is 9.53 Å². The fourth-order valence-electron chi connectivity index (χ4n) is 2.32. The van der Waals surface area contributed by atoms with Crippen LogP contribution in [0.1, 0.15) is 32.1 Å². The fourth-order valence-corrected chi connectivity index (χ4v) is 2.32. The summed E-state index contributed by atoms with van der Waals surface area (Å²) < 4.78 is 5.63. The summed E-state index contributed by atoms with van der Waals surface area (Å²) in [5.74, 6) is 0.116. The summed E-state index contributed by atoms with van der Waals surface area (Å²) in [7, 11) is 0. The Balaban J connectivity index is 1.71. The first kappa shape index (κ1) is 10.9. The lowest BCUT2D eigenvalue weighted by atomic mass is 10.1. The summed E-state index contributed by atoms with van der Waals surface area (Å²) >= 11 is 0. The zero-order valence-corrected chi connectivity index (χ0v) is 9.15. The second-order valence-corrected chi connectivity index (χ2v) is 4.50. The van der Waals surface area contributed by atoms with Gasteiger partial charge in [-0.05, 0) is 32.1 Å². The van der Waals surface area contributed by atoms with Crippen LogP contribution in [0.3, 0.4) is 0 Å². The third-order valence-electron chi connectivity index (χ3n) is 3.33. The Morgan fingerprint density at radius 3 is 2.87 bits per heavy atom. The Bertz CT molecular complexity index is 227. The minimum Gasteiger partial charge on any atom is -0.378 e. The second kappa shape index (κ2) is 4.94. The zero-order chi connectivity index (χ0) is 10.7. The molecule has 2 heterocycles. The highest BCUT2D eigenvalue weighted by molar-refractivity contribution is 5.83. The molecule has 4 heteroatoms. The van der Waals surface area contributed by atoms with Crippen LogP contribution in [0, 0.1) is 0 Å². The first-order valence-corrected chi connectivity index (χ1v) is 5.93. The molecule has 2 N–H and O–H groups in total. The molecule has 2 fully saturated rings. The van der Waals surface area contributed by atoms with Gasteiger partial charge in [-0.1, -0.05) is 0 Å². The van der Waals surface area contributed by atoms with Crippen molar-refractivity contribution >= 4 is 5.91 Å². The molecule has 2 saturated heterocycles. The predicted molar refractivity (Wildman–Crippen MR) is 57.4 cm³/mol. The summed E-state index contributed by atoms with van der Waals surface area (Å²) in [5.41, 5.74) is 5.65. The maximum Gasteiger partial charge on any atom is 0.239 e. The van der Waals surface area contributed by atoms with Gasteiger partial charge in [0.05, 0.1) is 12.1 Å². The molecule has 4 nitrogen and oxygen atoms in total. The molecular formula is C11H20N2O2. The Morgan fingerprint density at radius 1 is 1.40 bits per heavy atom. The van der Waals surface area contributed by atoms with E-state index in [4.69, 9.17) is 10.5 Å². The van der Waals surface area contributed by atoms with E-state index in [2.05, 4.69) is 0 Å². The van der Waals surface area contributed by atoms with Crippen molar-refractivity contribution in [2.24, 2.45) is 5.73 Å². The molecule has 0 aromatic rings. The van der Waals surface area contributed by atoms with Crippen molar-refractivity contribution in [2.75, 3.05) is 19.7 Å². The Hall–Kier alpha value is -0.610. The van der Waals surface area contributed by atoms with Crippen molar-refractivity contribution in [3.05, 3.63) is 0 Å². The van der Waals surface area contributed by atoms with Gasteiger partial charge < -0.3 is 15.4 Å². The van der Waals surface area contributed by atoms with Crippen LogP contribution >= 0.6 is 0 Å². The summed E-state index contributed by atoms with van der Waals surface area (Å²) in [5, 5.41) is 0. The van der Waals surface area contributed by atoms with Gasteiger partial charge in [0.25, 0.3) is 0 Å². The topological polar surface area (TPSA) is 55.6 Å². The highest BCUT2D eigenvalue weighted by Crippen LogP contribution is 2.17. The SMILES string of the molecule is NC1CCN(CCC2CCCCO2)C1=O. The maximum atomic E-state index is 11.5. The third kappa shape index (κ3) is 2.69. The number of carbonyl (C=O) groups excluding carboxylic acids is 1. The zero-order valence-electron chi connectivity index (χ0n) is 9.15. The quantitative estimate of drug-likeness (QED) is 0.741. The Kier molecular flexibility index (Phi) is 3.59. The van der Waals surface area contributed by atoms with Crippen molar-refractivity contribution in [1.82, 2.24) is 4.90 Å². The van der Waals surface area contributed by atoms with Gasteiger partial charge in [0.2, 0.25) is 5.91 Å². The van der Waals surface area contributed by atoms with E-state index in [9.17, 15) is 4.79 Å². The van der Waals surface area contributed by atoms with Crippen LogP contribution < -0.4 is 5.73 Å². The van der Waals surface area contributed by atoms with Crippen LogP contribution in [0.25, 0.3) is 0 Å². The first-order chi connectivity index (χ1) is 7.27. The first-order valence-electron chi connectivity index (χ1n) is 5.93. The average molecular weight is 212 g/mol. The molecule has 2 unspecified atom stereocenters. The molecule has 0 spiro atoms. The highest BCUT2D eigenvalue weighted by atomic mass is 16.5. The molecule has 0 saturated carbocycles. The molecule has 2 atom stereocenters. The van der Waals surface area contributed by atoms with Crippen molar-refractivity contribution in [3.8, 4) is 0 Å². The number of ether oxygens (including phenoxy) is 1. The smallest absolute Gasteiger partial charge is 0.239 e. The second-order valence-electron chi connectivity index (χ2n) is 4.50. The van der Waals surface area contributed by atoms with Crippen LogP contribution in [0.2, 0.25) is 0 Å². The summed E-state index contributed by atoms with van der Waals surface area (Å²) in [6, 6.07) is -0.253. The molecular weight excluding hydrogens is 192 g/mol. The van der Waals surface area contributed by atoms with Crippen molar-refractivity contribution < 1.29 is 9.53 Å². The molecule has 86 valence electrons. The molecule has 15 heavy (non-hydrogen) atoms. The number of nitrogens with two attached hydrogens (primary N) is 1. The van der Waals surface area contributed by atoms with Gasteiger partial charge in [0, 0.05) is 19.7 Å². The van der Waals surface area contributed by atoms with Crippen LogP contribution in [0.5, 0.6) is 0 Å². The lowest BCUT2D eigenvalue weighted by molar-refractivity contribution is -0.129. The molecule has 2 aliphatic rings. The van der Waals surface area contributed by atoms with Gasteiger partial charge in [-0.25, -0.2) is 0 Å². The molecule has 2 rings (SSSR count). The van der Waals surface area contributed by atoms with Crippen LogP contribution in [0.4, 0.5) is 0 Å². The van der Waals surface area contributed by atoms with Gasteiger partial charge >= 0.3 is 0 Å². The number of carbonyl (C=O) groups is 1. The van der Waals surface area contributed by atoms with Crippen molar-refractivity contribution in [2.45, 2.75) is 44.2 Å². The lowest BCUT2D eigenvalue weighted by Crippen LogP contribution is -2.36. The fraction of sp³-hybridized carbons (Fsp3) is 0.909. The van der Waals surface area contributed by atoms with Gasteiger partial charge in [0.15, 0.2) is 0 Å². The molecule has 1 amide bonds. The number of hydrogen-bond acceptors (Lipinski definition) is 3. The van der Waals surface area contributed by atoms with Crippen LogP contribution in [0.15, 0.2) is 0 Å². The van der Waals surface area contributed by atoms with E-state index in [1.54, 1.807) is 0 Å². The Labute approximate surface area is 90.8 Å².